The van der Waals surface area contributed by atoms with E-state index in [0.717, 1.165) is 16.8 Å². The lowest BCUT2D eigenvalue weighted by atomic mass is 9.97. The first kappa shape index (κ1) is 18.6. The molecule has 0 aliphatic heterocycles. The number of hydrogen-bond donors (Lipinski definition) is 1. The van der Waals surface area contributed by atoms with Gasteiger partial charge in [0.2, 0.25) is 0 Å². The first-order valence-corrected chi connectivity index (χ1v) is 8.53. The quantitative estimate of drug-likeness (QED) is 0.658. The minimum atomic E-state index is -0.404. The van der Waals surface area contributed by atoms with Crippen molar-refractivity contribution < 1.29 is 13.9 Å². The van der Waals surface area contributed by atoms with Crippen molar-refractivity contribution >= 4 is 11.4 Å². The van der Waals surface area contributed by atoms with Crippen LogP contribution in [0.1, 0.15) is 0 Å². The normalized spacial score (nSPS) is 10.6. The summed E-state index contributed by atoms with van der Waals surface area (Å²) in [5.74, 6) is 0.796. The molecule has 0 saturated heterocycles. The van der Waals surface area contributed by atoms with Gasteiger partial charge < -0.3 is 20.1 Å². The van der Waals surface area contributed by atoms with E-state index in [1.165, 1.54) is 6.07 Å². The maximum absolute atomic E-state index is 14.5. The van der Waals surface area contributed by atoms with Crippen LogP contribution in [0.25, 0.3) is 22.3 Å². The maximum atomic E-state index is 14.5. The van der Waals surface area contributed by atoms with E-state index in [1.807, 2.05) is 49.3 Å². The van der Waals surface area contributed by atoms with E-state index in [-0.39, 0.29) is 0 Å². The van der Waals surface area contributed by atoms with Gasteiger partial charge in [0.15, 0.2) is 0 Å². The fourth-order valence-corrected chi connectivity index (χ4v) is 3.02. The number of nitrogens with two attached hydrogens (primary N) is 1. The van der Waals surface area contributed by atoms with Crippen LogP contribution >= 0.6 is 0 Å². The van der Waals surface area contributed by atoms with Gasteiger partial charge in [-0.2, -0.15) is 0 Å². The third-order valence-electron chi connectivity index (χ3n) is 4.50. The molecular formula is C22H23FN2O2. The molecule has 2 N–H and O–H groups in total. The minimum Gasteiger partial charge on any atom is -0.496 e. The Morgan fingerprint density at radius 2 is 1.37 bits per heavy atom. The Morgan fingerprint density at radius 3 is 1.93 bits per heavy atom. The molecule has 0 bridgehead atoms. The third-order valence-corrected chi connectivity index (χ3v) is 4.50. The van der Waals surface area contributed by atoms with Crippen molar-refractivity contribution in [3.63, 3.8) is 0 Å². The molecule has 0 amide bonds. The molecule has 5 heteroatoms. The second kappa shape index (κ2) is 7.58. The summed E-state index contributed by atoms with van der Waals surface area (Å²) in [6.45, 7) is 0. The van der Waals surface area contributed by atoms with Crippen LogP contribution in [0.15, 0.2) is 54.6 Å². The second-order valence-electron chi connectivity index (χ2n) is 6.43. The highest BCUT2D eigenvalue weighted by molar-refractivity contribution is 5.82. The fraction of sp³-hybridized carbons (Fsp3) is 0.182. The van der Waals surface area contributed by atoms with Gasteiger partial charge in [0, 0.05) is 42.2 Å². The summed E-state index contributed by atoms with van der Waals surface area (Å²) < 4.78 is 25.6. The smallest absolute Gasteiger partial charge is 0.133 e. The lowest BCUT2D eigenvalue weighted by molar-refractivity contribution is 0.405. The van der Waals surface area contributed by atoms with Crippen LogP contribution in [0.3, 0.4) is 0 Å². The first-order chi connectivity index (χ1) is 12.9. The SMILES string of the molecule is COc1cc(-c2ccc(N)cc2F)c(OC)cc1-c1ccc(N(C)C)cc1. The number of methoxy groups -OCH3 is 2. The Bertz CT molecular complexity index is 953. The monoisotopic (exact) mass is 366 g/mol. The number of hydrogen-bond acceptors (Lipinski definition) is 4. The van der Waals surface area contributed by atoms with E-state index in [4.69, 9.17) is 15.2 Å². The Balaban J connectivity index is 2.14. The zero-order valence-electron chi connectivity index (χ0n) is 15.9. The van der Waals surface area contributed by atoms with Gasteiger partial charge in [-0.25, -0.2) is 4.39 Å². The molecule has 3 rings (SSSR count). The molecule has 0 aliphatic carbocycles. The van der Waals surface area contributed by atoms with Gasteiger partial charge in [-0.15, -0.1) is 0 Å². The number of halogens is 1. The van der Waals surface area contributed by atoms with Crippen molar-refractivity contribution in [3.8, 4) is 33.8 Å². The van der Waals surface area contributed by atoms with Crippen molar-refractivity contribution in [3.05, 3.63) is 60.4 Å². The van der Waals surface area contributed by atoms with Crippen LogP contribution in [-0.4, -0.2) is 28.3 Å². The summed E-state index contributed by atoms with van der Waals surface area (Å²) in [7, 11) is 7.16. The lowest BCUT2D eigenvalue weighted by Gasteiger charge is -2.17. The van der Waals surface area contributed by atoms with Crippen LogP contribution in [0.2, 0.25) is 0 Å². The van der Waals surface area contributed by atoms with E-state index in [9.17, 15) is 4.39 Å². The van der Waals surface area contributed by atoms with E-state index in [2.05, 4.69) is 0 Å². The third kappa shape index (κ3) is 3.67. The van der Waals surface area contributed by atoms with Crippen molar-refractivity contribution in [2.24, 2.45) is 0 Å². The van der Waals surface area contributed by atoms with Gasteiger partial charge in [-0.3, -0.25) is 0 Å². The molecule has 140 valence electrons. The molecule has 0 aliphatic rings. The van der Waals surface area contributed by atoms with Gasteiger partial charge in [-0.05, 0) is 48.0 Å². The Morgan fingerprint density at radius 1 is 0.778 bits per heavy atom. The van der Waals surface area contributed by atoms with E-state index >= 15 is 0 Å². The molecule has 0 fully saturated rings. The summed E-state index contributed by atoms with van der Waals surface area (Å²) in [4.78, 5) is 2.04. The van der Waals surface area contributed by atoms with E-state index < -0.39 is 5.82 Å². The molecule has 3 aromatic rings. The van der Waals surface area contributed by atoms with Crippen molar-refractivity contribution in [1.82, 2.24) is 0 Å². The van der Waals surface area contributed by atoms with E-state index in [1.54, 1.807) is 32.4 Å². The van der Waals surface area contributed by atoms with Gasteiger partial charge in [0.05, 0.1) is 14.2 Å². The average molecular weight is 366 g/mol. The molecule has 0 aromatic heterocycles. The predicted octanol–water partition coefficient (Wildman–Crippen LogP) is 4.83. The lowest BCUT2D eigenvalue weighted by Crippen LogP contribution is -2.07. The Kier molecular flexibility index (Phi) is 5.21. The molecule has 4 nitrogen and oxygen atoms in total. The van der Waals surface area contributed by atoms with Crippen LogP contribution < -0.4 is 20.1 Å². The Hall–Kier alpha value is -3.21. The first-order valence-electron chi connectivity index (χ1n) is 8.53. The highest BCUT2D eigenvalue weighted by atomic mass is 19.1. The van der Waals surface area contributed by atoms with Crippen LogP contribution in [0.5, 0.6) is 11.5 Å². The highest BCUT2D eigenvalue weighted by Crippen LogP contribution is 2.42. The van der Waals surface area contributed by atoms with E-state index in [0.29, 0.717) is 28.3 Å². The molecule has 0 unspecified atom stereocenters. The number of anilines is 2. The maximum Gasteiger partial charge on any atom is 0.133 e. The molecule has 3 aromatic carbocycles. The highest BCUT2D eigenvalue weighted by Gasteiger charge is 2.17. The summed E-state index contributed by atoms with van der Waals surface area (Å²) in [6.07, 6.45) is 0. The van der Waals surface area contributed by atoms with Crippen molar-refractivity contribution in [2.75, 3.05) is 38.9 Å². The summed E-state index contributed by atoms with van der Waals surface area (Å²) in [5, 5.41) is 0. The Labute approximate surface area is 158 Å². The molecular weight excluding hydrogens is 343 g/mol. The molecule has 0 atom stereocenters. The summed E-state index contributed by atoms with van der Waals surface area (Å²) in [6, 6.07) is 16.4. The van der Waals surface area contributed by atoms with Gasteiger partial charge in [0.25, 0.3) is 0 Å². The standard InChI is InChI=1S/C22H23FN2O2/c1-25(2)16-8-5-14(6-9-16)18-12-22(27-4)19(13-21(18)26-3)17-10-7-15(24)11-20(17)23/h5-13H,24H2,1-4H3. The zero-order valence-corrected chi connectivity index (χ0v) is 15.9. The number of ether oxygens (including phenoxy) is 2. The second-order valence-corrected chi connectivity index (χ2v) is 6.43. The average Bonchev–Trinajstić information content (AvgIpc) is 2.67. The fourth-order valence-electron chi connectivity index (χ4n) is 3.02. The molecule has 0 saturated carbocycles. The summed E-state index contributed by atoms with van der Waals surface area (Å²) in [5.41, 5.74) is 10.0. The van der Waals surface area contributed by atoms with Crippen LogP contribution in [0.4, 0.5) is 15.8 Å². The van der Waals surface area contributed by atoms with Crippen molar-refractivity contribution in [1.29, 1.82) is 0 Å². The summed E-state index contributed by atoms with van der Waals surface area (Å²) >= 11 is 0. The zero-order chi connectivity index (χ0) is 19.6. The van der Waals surface area contributed by atoms with Crippen LogP contribution in [0, 0.1) is 5.82 Å². The van der Waals surface area contributed by atoms with Gasteiger partial charge >= 0.3 is 0 Å². The molecule has 0 spiro atoms. The van der Waals surface area contributed by atoms with Crippen LogP contribution in [-0.2, 0) is 0 Å². The van der Waals surface area contributed by atoms with Gasteiger partial charge in [-0.1, -0.05) is 12.1 Å². The topological polar surface area (TPSA) is 47.7 Å². The minimum absolute atomic E-state index is 0.375. The number of benzene rings is 3. The number of nitrogen functional groups attached to an aromatic ring is 1. The molecule has 27 heavy (non-hydrogen) atoms. The van der Waals surface area contributed by atoms with Gasteiger partial charge in [0.1, 0.15) is 17.3 Å². The predicted molar refractivity (Wildman–Crippen MR) is 109 cm³/mol. The largest absolute Gasteiger partial charge is 0.496 e. The van der Waals surface area contributed by atoms with Crippen molar-refractivity contribution in [2.45, 2.75) is 0 Å². The number of rotatable bonds is 5. The number of nitrogens with zero attached hydrogens (tertiary/aromatic N) is 1. The molecule has 0 radical (unpaired) electrons. The molecule has 0 heterocycles.